The predicted octanol–water partition coefficient (Wildman–Crippen LogP) is 2.06. The predicted molar refractivity (Wildman–Crippen MR) is 102 cm³/mol. The molecule has 3 aliphatic rings. The maximum Gasteiger partial charge on any atom is 0.243 e. The first-order valence-electron chi connectivity index (χ1n) is 9.01. The normalized spacial score (nSPS) is 30.2. The number of amides is 2. The standard InChI is InChI=1S/C18H25N3O2S2/c1-12(20-7-4-15-13(10-20)5-8-24-15)9-19-17(23)14-11-25-18(2)6-3-16(22)21(14)18/h5,8,12,14H,3-4,6-7,9-11H2,1-2H3,(H,19,23). The van der Waals surface area contributed by atoms with E-state index in [-0.39, 0.29) is 22.7 Å². The van der Waals surface area contributed by atoms with Crippen LogP contribution in [0.25, 0.3) is 0 Å². The van der Waals surface area contributed by atoms with E-state index in [1.54, 1.807) is 11.8 Å². The minimum atomic E-state index is -0.304. The highest BCUT2D eigenvalue weighted by Gasteiger charge is 2.52. The molecule has 4 rings (SSSR count). The van der Waals surface area contributed by atoms with Gasteiger partial charge in [-0.05, 0) is 43.7 Å². The Labute approximate surface area is 157 Å². The van der Waals surface area contributed by atoms with E-state index >= 15 is 0 Å². The van der Waals surface area contributed by atoms with E-state index in [9.17, 15) is 9.59 Å². The SMILES string of the molecule is CC(CNC(=O)C1CSC2(C)CCC(=O)N12)N1CCc2sccc2C1. The van der Waals surface area contributed by atoms with Crippen LogP contribution >= 0.6 is 23.1 Å². The molecule has 3 unspecified atom stereocenters. The van der Waals surface area contributed by atoms with E-state index in [0.29, 0.717) is 24.8 Å². The second-order valence-electron chi connectivity index (χ2n) is 7.45. The summed E-state index contributed by atoms with van der Waals surface area (Å²) in [5.41, 5.74) is 1.43. The van der Waals surface area contributed by atoms with Crippen molar-refractivity contribution in [2.45, 2.75) is 56.6 Å². The quantitative estimate of drug-likeness (QED) is 0.870. The van der Waals surface area contributed by atoms with Gasteiger partial charge in [-0.2, -0.15) is 0 Å². The molecule has 1 aromatic heterocycles. The van der Waals surface area contributed by atoms with Gasteiger partial charge in [-0.1, -0.05) is 0 Å². The molecule has 2 saturated heterocycles. The molecule has 0 saturated carbocycles. The molecule has 3 aliphatic heterocycles. The summed E-state index contributed by atoms with van der Waals surface area (Å²) in [4.78, 5) is 30.5. The van der Waals surface area contributed by atoms with Crippen molar-refractivity contribution in [2.75, 3.05) is 18.8 Å². The van der Waals surface area contributed by atoms with Gasteiger partial charge >= 0.3 is 0 Å². The Hall–Kier alpha value is -1.05. The van der Waals surface area contributed by atoms with E-state index in [4.69, 9.17) is 0 Å². The van der Waals surface area contributed by atoms with Crippen molar-refractivity contribution in [3.05, 3.63) is 21.9 Å². The molecule has 0 spiro atoms. The van der Waals surface area contributed by atoms with Crippen molar-refractivity contribution >= 4 is 34.9 Å². The number of thiophene rings is 1. The molecule has 0 aromatic carbocycles. The van der Waals surface area contributed by atoms with Crippen LogP contribution in [0.2, 0.25) is 0 Å². The lowest BCUT2D eigenvalue weighted by Gasteiger charge is -2.33. The molecule has 2 amide bonds. The summed E-state index contributed by atoms with van der Waals surface area (Å²) in [7, 11) is 0. The summed E-state index contributed by atoms with van der Waals surface area (Å²) in [6.07, 6.45) is 2.53. The average molecular weight is 380 g/mol. The molecular weight excluding hydrogens is 354 g/mol. The smallest absolute Gasteiger partial charge is 0.243 e. The summed E-state index contributed by atoms with van der Waals surface area (Å²) in [5.74, 6) is 0.845. The fourth-order valence-corrected chi connectivity index (χ4v) is 6.48. The van der Waals surface area contributed by atoms with Gasteiger partial charge in [0, 0.05) is 42.7 Å². The van der Waals surface area contributed by atoms with Crippen LogP contribution in [0, 0.1) is 0 Å². The van der Waals surface area contributed by atoms with Crippen molar-refractivity contribution in [3.63, 3.8) is 0 Å². The van der Waals surface area contributed by atoms with E-state index in [0.717, 1.165) is 25.9 Å². The van der Waals surface area contributed by atoms with Gasteiger partial charge in [-0.15, -0.1) is 23.1 Å². The van der Waals surface area contributed by atoms with Crippen LogP contribution in [-0.4, -0.2) is 57.4 Å². The highest BCUT2D eigenvalue weighted by Crippen LogP contribution is 2.47. The molecule has 3 atom stereocenters. The van der Waals surface area contributed by atoms with Crippen molar-refractivity contribution < 1.29 is 9.59 Å². The molecule has 136 valence electrons. The first-order valence-corrected chi connectivity index (χ1v) is 10.9. The molecule has 0 radical (unpaired) electrons. The number of carbonyl (C=O) groups is 2. The van der Waals surface area contributed by atoms with Crippen LogP contribution in [0.4, 0.5) is 0 Å². The Kier molecular flexibility index (Phi) is 4.58. The summed E-state index contributed by atoms with van der Waals surface area (Å²) >= 11 is 3.59. The number of hydrogen-bond acceptors (Lipinski definition) is 5. The molecule has 5 nitrogen and oxygen atoms in total. The molecule has 1 aromatic rings. The Bertz CT molecular complexity index is 692. The van der Waals surface area contributed by atoms with Gasteiger partial charge in [0.25, 0.3) is 0 Å². The summed E-state index contributed by atoms with van der Waals surface area (Å²) in [6.45, 7) is 6.92. The maximum absolute atomic E-state index is 12.7. The third kappa shape index (κ3) is 3.11. The monoisotopic (exact) mass is 379 g/mol. The van der Waals surface area contributed by atoms with Crippen molar-refractivity contribution in [2.24, 2.45) is 0 Å². The zero-order chi connectivity index (χ0) is 17.6. The highest BCUT2D eigenvalue weighted by molar-refractivity contribution is 8.01. The third-order valence-electron chi connectivity index (χ3n) is 5.78. The number of rotatable bonds is 4. The van der Waals surface area contributed by atoms with Crippen LogP contribution < -0.4 is 5.32 Å². The van der Waals surface area contributed by atoms with Gasteiger partial charge in [0.15, 0.2) is 0 Å². The first-order chi connectivity index (χ1) is 12.0. The topological polar surface area (TPSA) is 52.7 Å². The van der Waals surface area contributed by atoms with Crippen molar-refractivity contribution in [1.82, 2.24) is 15.1 Å². The molecule has 25 heavy (non-hydrogen) atoms. The van der Waals surface area contributed by atoms with E-state index in [1.165, 1.54) is 10.4 Å². The lowest BCUT2D eigenvalue weighted by molar-refractivity contribution is -0.138. The van der Waals surface area contributed by atoms with Gasteiger partial charge in [0.2, 0.25) is 11.8 Å². The molecule has 1 N–H and O–H groups in total. The molecule has 4 heterocycles. The third-order valence-corrected chi connectivity index (χ3v) is 8.31. The van der Waals surface area contributed by atoms with E-state index in [1.807, 2.05) is 16.2 Å². The number of nitrogens with one attached hydrogen (secondary N) is 1. The van der Waals surface area contributed by atoms with Crippen LogP contribution in [0.15, 0.2) is 11.4 Å². The number of carbonyl (C=O) groups excluding carboxylic acids is 2. The largest absolute Gasteiger partial charge is 0.353 e. The number of hydrogen-bond donors (Lipinski definition) is 1. The second kappa shape index (κ2) is 6.59. The molecule has 0 bridgehead atoms. The minimum absolute atomic E-state index is 0.00607. The lowest BCUT2D eigenvalue weighted by Crippen LogP contribution is -2.52. The van der Waals surface area contributed by atoms with Crippen molar-refractivity contribution in [1.29, 1.82) is 0 Å². The second-order valence-corrected chi connectivity index (χ2v) is 9.95. The number of fused-ring (bicyclic) bond motifs is 2. The van der Waals surface area contributed by atoms with E-state index < -0.39 is 0 Å². The molecule has 0 aliphatic carbocycles. The average Bonchev–Trinajstić information content (AvgIpc) is 3.27. The maximum atomic E-state index is 12.7. The Morgan fingerprint density at radius 3 is 3.16 bits per heavy atom. The summed E-state index contributed by atoms with van der Waals surface area (Å²) in [6, 6.07) is 2.21. The van der Waals surface area contributed by atoms with Crippen LogP contribution in [0.3, 0.4) is 0 Å². The Morgan fingerprint density at radius 1 is 1.48 bits per heavy atom. The zero-order valence-corrected chi connectivity index (χ0v) is 16.4. The first kappa shape index (κ1) is 17.4. The van der Waals surface area contributed by atoms with Gasteiger partial charge in [0.1, 0.15) is 6.04 Å². The Balaban J connectivity index is 1.33. The lowest BCUT2D eigenvalue weighted by atomic mass is 10.1. The van der Waals surface area contributed by atoms with Crippen LogP contribution in [0.5, 0.6) is 0 Å². The van der Waals surface area contributed by atoms with Crippen molar-refractivity contribution in [3.8, 4) is 0 Å². The fraction of sp³-hybridized carbons (Fsp3) is 0.667. The van der Waals surface area contributed by atoms with Gasteiger partial charge in [-0.3, -0.25) is 14.5 Å². The highest BCUT2D eigenvalue weighted by atomic mass is 32.2. The zero-order valence-electron chi connectivity index (χ0n) is 14.8. The van der Waals surface area contributed by atoms with Crippen LogP contribution in [-0.2, 0) is 22.6 Å². The minimum Gasteiger partial charge on any atom is -0.353 e. The summed E-state index contributed by atoms with van der Waals surface area (Å²) < 4.78 is 0. The number of nitrogens with zero attached hydrogens (tertiary/aromatic N) is 2. The molecule has 7 heteroatoms. The fourth-order valence-electron chi connectivity index (χ4n) is 4.16. The van der Waals surface area contributed by atoms with Gasteiger partial charge < -0.3 is 10.2 Å². The molecular formula is C18H25N3O2S2. The van der Waals surface area contributed by atoms with Crippen LogP contribution in [0.1, 0.15) is 37.1 Å². The van der Waals surface area contributed by atoms with Gasteiger partial charge in [-0.25, -0.2) is 0 Å². The Morgan fingerprint density at radius 2 is 2.32 bits per heavy atom. The number of thioether (sulfide) groups is 1. The van der Waals surface area contributed by atoms with E-state index in [2.05, 4.69) is 35.5 Å². The summed E-state index contributed by atoms with van der Waals surface area (Å²) in [5, 5.41) is 5.27. The molecule has 2 fully saturated rings. The van der Waals surface area contributed by atoms with Gasteiger partial charge in [0.05, 0.1) is 4.87 Å².